The highest BCUT2D eigenvalue weighted by molar-refractivity contribution is 7.93. The third-order valence-electron chi connectivity index (χ3n) is 2.71. The van der Waals surface area contributed by atoms with E-state index in [0.717, 1.165) is 9.75 Å². The molecular formula is C13H18N4O2S2. The van der Waals surface area contributed by atoms with Crippen LogP contribution in [0.3, 0.4) is 0 Å². The van der Waals surface area contributed by atoms with Crippen molar-refractivity contribution in [3.05, 3.63) is 34.2 Å². The lowest BCUT2D eigenvalue weighted by Crippen LogP contribution is -2.21. The SMILES string of the molecule is Cc1sc(CNC(C)C)cc1S(=O)(=O)Nc1cccnn1. The monoisotopic (exact) mass is 326 g/mol. The summed E-state index contributed by atoms with van der Waals surface area (Å²) in [4.78, 5) is 2.03. The number of aromatic nitrogens is 2. The number of anilines is 1. The first kappa shape index (κ1) is 15.9. The van der Waals surface area contributed by atoms with E-state index >= 15 is 0 Å². The summed E-state index contributed by atoms with van der Waals surface area (Å²) in [7, 11) is -3.63. The fraction of sp³-hybridized carbons (Fsp3) is 0.385. The van der Waals surface area contributed by atoms with Gasteiger partial charge in [-0.15, -0.1) is 16.4 Å². The van der Waals surface area contributed by atoms with Crippen LogP contribution >= 0.6 is 11.3 Å². The molecule has 8 heteroatoms. The van der Waals surface area contributed by atoms with Crippen LogP contribution in [0.25, 0.3) is 0 Å². The molecule has 0 amide bonds. The topological polar surface area (TPSA) is 84.0 Å². The Labute approximate surface area is 128 Å². The highest BCUT2D eigenvalue weighted by Crippen LogP contribution is 2.27. The minimum atomic E-state index is -3.63. The minimum Gasteiger partial charge on any atom is -0.310 e. The summed E-state index contributed by atoms with van der Waals surface area (Å²) in [5, 5.41) is 10.7. The zero-order valence-electron chi connectivity index (χ0n) is 12.1. The second-order valence-corrected chi connectivity index (χ2v) is 7.87. The van der Waals surface area contributed by atoms with Gasteiger partial charge in [-0.3, -0.25) is 4.72 Å². The first-order valence-electron chi connectivity index (χ1n) is 6.51. The number of nitrogens with zero attached hydrogens (tertiary/aromatic N) is 2. The maximum absolute atomic E-state index is 12.4. The summed E-state index contributed by atoms with van der Waals surface area (Å²) in [5.41, 5.74) is 0. The van der Waals surface area contributed by atoms with E-state index in [1.807, 2.05) is 13.8 Å². The first-order valence-corrected chi connectivity index (χ1v) is 8.81. The van der Waals surface area contributed by atoms with E-state index in [1.54, 1.807) is 25.1 Å². The van der Waals surface area contributed by atoms with Crippen LogP contribution < -0.4 is 10.0 Å². The molecule has 0 spiro atoms. The van der Waals surface area contributed by atoms with Crippen molar-refractivity contribution < 1.29 is 8.42 Å². The second kappa shape index (κ2) is 6.50. The number of rotatable bonds is 6. The second-order valence-electron chi connectivity index (χ2n) is 4.88. The normalized spacial score (nSPS) is 11.8. The molecule has 0 atom stereocenters. The van der Waals surface area contributed by atoms with Gasteiger partial charge < -0.3 is 5.32 Å². The molecule has 0 aliphatic carbocycles. The van der Waals surface area contributed by atoms with Crippen LogP contribution in [-0.4, -0.2) is 24.7 Å². The van der Waals surface area contributed by atoms with Crippen LogP contribution in [0.4, 0.5) is 5.82 Å². The Balaban J connectivity index is 2.20. The first-order chi connectivity index (χ1) is 9.88. The standard InChI is InChI=1S/C13H18N4O2S2/c1-9(2)14-8-11-7-12(10(3)20-11)21(18,19)17-13-5-4-6-15-16-13/h4-7,9,14H,8H2,1-3H3,(H,16,17). The largest absolute Gasteiger partial charge is 0.310 e. The lowest BCUT2D eigenvalue weighted by atomic mass is 10.3. The van der Waals surface area contributed by atoms with Crippen LogP contribution in [0.5, 0.6) is 0 Å². The summed E-state index contributed by atoms with van der Waals surface area (Å²) in [6, 6.07) is 5.25. The fourth-order valence-electron chi connectivity index (χ4n) is 1.73. The van der Waals surface area contributed by atoms with Crippen LogP contribution in [0.15, 0.2) is 29.3 Å². The number of hydrogen-bond donors (Lipinski definition) is 2. The highest BCUT2D eigenvalue weighted by Gasteiger charge is 2.20. The van der Waals surface area contributed by atoms with Gasteiger partial charge in [0.15, 0.2) is 5.82 Å². The van der Waals surface area contributed by atoms with E-state index in [1.165, 1.54) is 17.5 Å². The molecule has 6 nitrogen and oxygen atoms in total. The molecule has 114 valence electrons. The van der Waals surface area contributed by atoms with Gasteiger partial charge in [-0.1, -0.05) is 13.8 Å². The van der Waals surface area contributed by atoms with E-state index in [-0.39, 0.29) is 5.82 Å². The van der Waals surface area contributed by atoms with Crippen LogP contribution in [0, 0.1) is 6.92 Å². The quantitative estimate of drug-likeness (QED) is 0.850. The van der Waals surface area contributed by atoms with Gasteiger partial charge in [0.05, 0.1) is 0 Å². The maximum Gasteiger partial charge on any atom is 0.264 e. The Morgan fingerprint density at radius 1 is 1.38 bits per heavy atom. The lowest BCUT2D eigenvalue weighted by Gasteiger charge is -2.06. The molecule has 21 heavy (non-hydrogen) atoms. The summed E-state index contributed by atoms with van der Waals surface area (Å²) in [5.74, 6) is 0.213. The highest BCUT2D eigenvalue weighted by atomic mass is 32.2. The van der Waals surface area contributed by atoms with Crippen molar-refractivity contribution in [3.8, 4) is 0 Å². The third-order valence-corrected chi connectivity index (χ3v) is 5.37. The van der Waals surface area contributed by atoms with Crippen molar-refractivity contribution in [1.82, 2.24) is 15.5 Å². The average Bonchev–Trinajstić information content (AvgIpc) is 2.79. The van der Waals surface area contributed by atoms with Crippen molar-refractivity contribution in [2.75, 3.05) is 4.72 Å². The fourth-order valence-corrected chi connectivity index (χ4v) is 4.32. The van der Waals surface area contributed by atoms with E-state index in [0.29, 0.717) is 17.5 Å². The molecule has 0 aliphatic rings. The predicted octanol–water partition coefficient (Wildman–Crippen LogP) is 2.15. The molecular weight excluding hydrogens is 308 g/mol. The minimum absolute atomic E-state index is 0.213. The molecule has 2 aromatic rings. The molecule has 2 heterocycles. The van der Waals surface area contributed by atoms with Crippen molar-refractivity contribution in [1.29, 1.82) is 0 Å². The average molecular weight is 326 g/mol. The molecule has 0 radical (unpaired) electrons. The number of aryl methyl sites for hydroxylation is 1. The van der Waals surface area contributed by atoms with Crippen molar-refractivity contribution in [3.63, 3.8) is 0 Å². The molecule has 0 saturated heterocycles. The Hall–Kier alpha value is -1.51. The molecule has 0 unspecified atom stereocenters. The third kappa shape index (κ3) is 4.23. The Morgan fingerprint density at radius 3 is 2.76 bits per heavy atom. The summed E-state index contributed by atoms with van der Waals surface area (Å²) in [6.45, 7) is 6.56. The van der Waals surface area contributed by atoms with Crippen LogP contribution in [0.2, 0.25) is 0 Å². The van der Waals surface area contributed by atoms with Gasteiger partial charge in [0.2, 0.25) is 0 Å². The number of thiophene rings is 1. The Bertz CT molecular complexity index is 696. The molecule has 0 fully saturated rings. The number of hydrogen-bond acceptors (Lipinski definition) is 6. The van der Waals surface area contributed by atoms with Gasteiger partial charge in [0, 0.05) is 28.5 Å². The smallest absolute Gasteiger partial charge is 0.264 e. The van der Waals surface area contributed by atoms with E-state index < -0.39 is 10.0 Å². The van der Waals surface area contributed by atoms with Gasteiger partial charge in [-0.2, -0.15) is 5.10 Å². The van der Waals surface area contributed by atoms with Crippen molar-refractivity contribution in [2.24, 2.45) is 0 Å². The lowest BCUT2D eigenvalue weighted by molar-refractivity contribution is 0.592. The van der Waals surface area contributed by atoms with Crippen LogP contribution in [-0.2, 0) is 16.6 Å². The Kier molecular flexibility index (Phi) is 4.92. The Morgan fingerprint density at radius 2 is 2.14 bits per heavy atom. The molecule has 2 rings (SSSR count). The summed E-state index contributed by atoms with van der Waals surface area (Å²) < 4.78 is 27.2. The van der Waals surface area contributed by atoms with Gasteiger partial charge >= 0.3 is 0 Å². The molecule has 2 aromatic heterocycles. The summed E-state index contributed by atoms with van der Waals surface area (Å²) >= 11 is 1.48. The van der Waals surface area contributed by atoms with Gasteiger partial charge in [0.1, 0.15) is 4.90 Å². The molecule has 0 aliphatic heterocycles. The van der Waals surface area contributed by atoms with Gasteiger partial charge in [-0.05, 0) is 25.1 Å². The molecule has 0 bridgehead atoms. The zero-order valence-corrected chi connectivity index (χ0v) is 13.8. The predicted molar refractivity (Wildman–Crippen MR) is 83.9 cm³/mol. The van der Waals surface area contributed by atoms with Crippen molar-refractivity contribution in [2.45, 2.75) is 38.3 Å². The molecule has 0 aromatic carbocycles. The van der Waals surface area contributed by atoms with E-state index in [4.69, 9.17) is 0 Å². The van der Waals surface area contributed by atoms with E-state index in [2.05, 4.69) is 20.2 Å². The van der Waals surface area contributed by atoms with Gasteiger partial charge in [-0.25, -0.2) is 8.42 Å². The maximum atomic E-state index is 12.4. The van der Waals surface area contributed by atoms with Crippen LogP contribution in [0.1, 0.15) is 23.6 Å². The number of nitrogens with one attached hydrogen (secondary N) is 2. The zero-order chi connectivity index (χ0) is 15.5. The summed E-state index contributed by atoms with van der Waals surface area (Å²) in [6.07, 6.45) is 1.49. The van der Waals surface area contributed by atoms with E-state index in [9.17, 15) is 8.42 Å². The number of sulfonamides is 1. The molecule has 0 saturated carbocycles. The van der Waals surface area contributed by atoms with Crippen molar-refractivity contribution >= 4 is 27.2 Å². The van der Waals surface area contributed by atoms with Gasteiger partial charge in [0.25, 0.3) is 10.0 Å². The molecule has 2 N–H and O–H groups in total.